The van der Waals surface area contributed by atoms with Gasteiger partial charge in [0.05, 0.1) is 12.8 Å². The molecule has 0 saturated heterocycles. The van der Waals surface area contributed by atoms with E-state index in [9.17, 15) is 4.79 Å². The van der Waals surface area contributed by atoms with Crippen LogP contribution in [-0.4, -0.2) is 5.91 Å². The zero-order chi connectivity index (χ0) is 17.5. The predicted octanol–water partition coefficient (Wildman–Crippen LogP) is 4.11. The number of benzene rings is 1. The average molecular weight is 337 g/mol. The van der Waals surface area contributed by atoms with Gasteiger partial charge in [0.25, 0.3) is 5.91 Å². The van der Waals surface area contributed by atoms with E-state index >= 15 is 0 Å². The standard InChI is InChI=1S/C20H19NO4/c1-2-6-15-7-3-4-9-18(15)24-14-17-10-11-19(25-17)20(22)21-13-16-8-5-12-23-16/h2-5,7-12H,1,6,13-14H2,(H,21,22). The van der Waals surface area contributed by atoms with Gasteiger partial charge in [0.2, 0.25) is 0 Å². The fraction of sp³-hybridized carbons (Fsp3) is 0.150. The molecule has 2 heterocycles. The third-order valence-electron chi connectivity index (χ3n) is 3.60. The highest BCUT2D eigenvalue weighted by molar-refractivity contribution is 5.91. The van der Waals surface area contributed by atoms with E-state index in [4.69, 9.17) is 13.6 Å². The maximum Gasteiger partial charge on any atom is 0.287 e. The third-order valence-corrected chi connectivity index (χ3v) is 3.60. The molecule has 0 spiro atoms. The molecule has 0 aliphatic carbocycles. The molecule has 1 N–H and O–H groups in total. The van der Waals surface area contributed by atoms with E-state index in [1.807, 2.05) is 30.3 Å². The first-order valence-corrected chi connectivity index (χ1v) is 7.97. The van der Waals surface area contributed by atoms with E-state index in [2.05, 4.69) is 11.9 Å². The Morgan fingerprint density at radius 1 is 1.12 bits per heavy atom. The molecule has 5 nitrogen and oxygen atoms in total. The van der Waals surface area contributed by atoms with Gasteiger partial charge in [-0.1, -0.05) is 24.3 Å². The zero-order valence-corrected chi connectivity index (χ0v) is 13.7. The van der Waals surface area contributed by atoms with E-state index in [0.29, 0.717) is 18.1 Å². The second-order valence-corrected chi connectivity index (χ2v) is 5.42. The normalized spacial score (nSPS) is 10.4. The van der Waals surface area contributed by atoms with Gasteiger partial charge in [-0.05, 0) is 42.3 Å². The summed E-state index contributed by atoms with van der Waals surface area (Å²) in [5.74, 6) is 1.99. The van der Waals surface area contributed by atoms with Crippen LogP contribution in [0.25, 0.3) is 0 Å². The van der Waals surface area contributed by atoms with Crippen LogP contribution in [0.15, 0.2) is 76.3 Å². The summed E-state index contributed by atoms with van der Waals surface area (Å²) in [6.45, 7) is 4.31. The van der Waals surface area contributed by atoms with Crippen molar-refractivity contribution < 1.29 is 18.4 Å². The molecule has 2 aromatic heterocycles. The number of rotatable bonds is 8. The number of hydrogen-bond acceptors (Lipinski definition) is 4. The molecule has 0 unspecified atom stereocenters. The molecule has 3 aromatic rings. The van der Waals surface area contributed by atoms with Gasteiger partial charge >= 0.3 is 0 Å². The first-order chi connectivity index (χ1) is 12.3. The highest BCUT2D eigenvalue weighted by Crippen LogP contribution is 2.20. The topological polar surface area (TPSA) is 64.6 Å². The van der Waals surface area contributed by atoms with Crippen molar-refractivity contribution in [1.82, 2.24) is 5.32 Å². The smallest absolute Gasteiger partial charge is 0.287 e. The van der Waals surface area contributed by atoms with E-state index in [-0.39, 0.29) is 18.3 Å². The van der Waals surface area contributed by atoms with Gasteiger partial charge in [0.1, 0.15) is 23.9 Å². The number of hydrogen-bond donors (Lipinski definition) is 1. The van der Waals surface area contributed by atoms with Crippen molar-refractivity contribution in [3.05, 3.63) is 90.3 Å². The second-order valence-electron chi connectivity index (χ2n) is 5.42. The van der Waals surface area contributed by atoms with Crippen molar-refractivity contribution in [2.75, 3.05) is 0 Å². The molecule has 1 aromatic carbocycles. The van der Waals surface area contributed by atoms with Crippen molar-refractivity contribution in [3.63, 3.8) is 0 Å². The summed E-state index contributed by atoms with van der Waals surface area (Å²) in [7, 11) is 0. The number of nitrogens with one attached hydrogen (secondary N) is 1. The van der Waals surface area contributed by atoms with Gasteiger partial charge in [0, 0.05) is 0 Å². The van der Waals surface area contributed by atoms with E-state index < -0.39 is 0 Å². The maximum absolute atomic E-state index is 12.1. The second kappa shape index (κ2) is 8.06. The summed E-state index contributed by atoms with van der Waals surface area (Å²) in [6.07, 6.45) is 4.12. The van der Waals surface area contributed by atoms with Crippen LogP contribution in [0, 0.1) is 0 Å². The number of allylic oxidation sites excluding steroid dienone is 1. The highest BCUT2D eigenvalue weighted by atomic mass is 16.5. The van der Waals surface area contributed by atoms with E-state index in [1.165, 1.54) is 0 Å². The van der Waals surface area contributed by atoms with Crippen LogP contribution in [0.4, 0.5) is 0 Å². The van der Waals surface area contributed by atoms with Crippen LogP contribution < -0.4 is 10.1 Å². The third kappa shape index (κ3) is 4.41. The van der Waals surface area contributed by atoms with Gasteiger partial charge in [-0.15, -0.1) is 6.58 Å². The Morgan fingerprint density at radius 3 is 2.80 bits per heavy atom. The Morgan fingerprint density at radius 2 is 2.00 bits per heavy atom. The summed E-state index contributed by atoms with van der Waals surface area (Å²) in [5.41, 5.74) is 1.06. The Bertz CT molecular complexity index is 833. The van der Waals surface area contributed by atoms with Crippen molar-refractivity contribution in [2.24, 2.45) is 0 Å². The number of ether oxygens (including phenoxy) is 1. The van der Waals surface area contributed by atoms with Crippen LogP contribution in [0.5, 0.6) is 5.75 Å². The quantitative estimate of drug-likeness (QED) is 0.628. The Kier molecular flexibility index (Phi) is 5.36. The molecule has 5 heteroatoms. The Labute approximate surface area is 145 Å². The van der Waals surface area contributed by atoms with Crippen molar-refractivity contribution in [2.45, 2.75) is 19.6 Å². The van der Waals surface area contributed by atoms with Crippen LogP contribution in [-0.2, 0) is 19.6 Å². The zero-order valence-electron chi connectivity index (χ0n) is 13.7. The van der Waals surface area contributed by atoms with Gasteiger partial charge in [-0.3, -0.25) is 4.79 Å². The van der Waals surface area contributed by atoms with Crippen molar-refractivity contribution >= 4 is 5.91 Å². The summed E-state index contributed by atoms with van der Waals surface area (Å²) < 4.78 is 16.5. The minimum absolute atomic E-state index is 0.240. The molecule has 128 valence electrons. The van der Waals surface area contributed by atoms with Crippen LogP contribution >= 0.6 is 0 Å². The number of carbonyl (C=O) groups excluding carboxylic acids is 1. The molecular formula is C20H19NO4. The first kappa shape index (κ1) is 16.6. The van der Waals surface area contributed by atoms with Crippen LogP contribution in [0.2, 0.25) is 0 Å². The highest BCUT2D eigenvalue weighted by Gasteiger charge is 2.12. The lowest BCUT2D eigenvalue weighted by Gasteiger charge is -2.08. The Hall–Kier alpha value is -3.21. The average Bonchev–Trinajstić information content (AvgIpc) is 3.31. The van der Waals surface area contributed by atoms with Crippen LogP contribution in [0.1, 0.15) is 27.6 Å². The van der Waals surface area contributed by atoms with Gasteiger partial charge in [-0.25, -0.2) is 0 Å². The number of para-hydroxylation sites is 1. The number of furan rings is 2. The van der Waals surface area contributed by atoms with Crippen molar-refractivity contribution in [1.29, 1.82) is 0 Å². The van der Waals surface area contributed by atoms with Crippen molar-refractivity contribution in [3.8, 4) is 5.75 Å². The Balaban J connectivity index is 1.56. The SMILES string of the molecule is C=CCc1ccccc1OCc1ccc(C(=O)NCc2ccco2)o1. The molecule has 0 saturated carbocycles. The molecule has 0 aliphatic rings. The van der Waals surface area contributed by atoms with Gasteiger partial charge in [-0.2, -0.15) is 0 Å². The van der Waals surface area contributed by atoms with E-state index in [1.54, 1.807) is 30.5 Å². The number of carbonyl (C=O) groups is 1. The monoisotopic (exact) mass is 337 g/mol. The summed E-state index contributed by atoms with van der Waals surface area (Å²) >= 11 is 0. The van der Waals surface area contributed by atoms with Crippen LogP contribution in [0.3, 0.4) is 0 Å². The first-order valence-electron chi connectivity index (χ1n) is 7.97. The lowest BCUT2D eigenvalue weighted by Crippen LogP contribution is -2.21. The minimum atomic E-state index is -0.297. The van der Waals surface area contributed by atoms with Gasteiger partial charge in [0.15, 0.2) is 5.76 Å². The largest absolute Gasteiger partial charge is 0.485 e. The predicted molar refractivity (Wildman–Crippen MR) is 93.3 cm³/mol. The summed E-state index contributed by atoms with van der Waals surface area (Å²) in [4.78, 5) is 12.1. The molecule has 0 fully saturated rings. The lowest BCUT2D eigenvalue weighted by atomic mass is 10.1. The molecular weight excluding hydrogens is 318 g/mol. The molecule has 1 amide bonds. The molecule has 3 rings (SSSR count). The van der Waals surface area contributed by atoms with Gasteiger partial charge < -0.3 is 18.9 Å². The lowest BCUT2D eigenvalue weighted by molar-refractivity contribution is 0.0916. The molecule has 25 heavy (non-hydrogen) atoms. The summed E-state index contributed by atoms with van der Waals surface area (Å²) in [6, 6.07) is 14.7. The minimum Gasteiger partial charge on any atom is -0.485 e. The molecule has 0 radical (unpaired) electrons. The molecule has 0 bridgehead atoms. The molecule has 0 atom stereocenters. The number of amides is 1. The summed E-state index contributed by atoms with van der Waals surface area (Å²) in [5, 5.41) is 2.74. The van der Waals surface area contributed by atoms with E-state index in [0.717, 1.165) is 17.7 Å². The fourth-order valence-corrected chi connectivity index (χ4v) is 2.36. The fourth-order valence-electron chi connectivity index (χ4n) is 2.36. The molecule has 0 aliphatic heterocycles. The maximum atomic E-state index is 12.1.